The molecule has 15 rings (SSSR count). The fourth-order valence-electron chi connectivity index (χ4n) is 13.1. The van der Waals surface area contributed by atoms with Crippen molar-refractivity contribution in [2.24, 2.45) is 0 Å². The van der Waals surface area contributed by atoms with Gasteiger partial charge in [0.15, 0.2) is 0 Å². The Kier molecular flexibility index (Phi) is 8.96. The van der Waals surface area contributed by atoms with E-state index in [4.69, 9.17) is 0 Å². The Morgan fingerprint density at radius 1 is 0.292 bits per heavy atom. The van der Waals surface area contributed by atoms with Gasteiger partial charge in [-0.25, -0.2) is 0 Å². The minimum Gasteiger partial charge on any atom is -0.308 e. The zero-order valence-corrected chi connectivity index (χ0v) is 42.1. The van der Waals surface area contributed by atoms with Gasteiger partial charge in [0.2, 0.25) is 0 Å². The lowest BCUT2D eigenvalue weighted by Crippen LogP contribution is -2.17. The number of fused-ring (bicyclic) bond motifs is 12. The third-order valence-electron chi connectivity index (χ3n) is 16.2. The Hall–Kier alpha value is -7.76. The second-order valence-corrected chi connectivity index (χ2v) is 22.9. The summed E-state index contributed by atoms with van der Waals surface area (Å²) in [7, 11) is 0. The van der Waals surface area contributed by atoms with Crippen LogP contribution >= 0.6 is 23.5 Å². The molecule has 72 heavy (non-hydrogen) atoms. The van der Waals surface area contributed by atoms with Crippen LogP contribution in [0.2, 0.25) is 0 Å². The largest absolute Gasteiger partial charge is 0.308 e. The number of anilines is 6. The summed E-state index contributed by atoms with van der Waals surface area (Å²) in [5.41, 5.74) is 22.5. The Balaban J connectivity index is 1.10. The average Bonchev–Trinajstić information content (AvgIpc) is 3.80. The van der Waals surface area contributed by atoms with E-state index in [2.05, 4.69) is 256 Å². The first-order valence-electron chi connectivity index (χ1n) is 25.1. The third-order valence-corrected chi connectivity index (χ3v) is 18.4. The van der Waals surface area contributed by atoms with Crippen molar-refractivity contribution in [3.8, 4) is 44.5 Å². The molecule has 0 unspecified atom stereocenters. The number of hydrogen-bond donors (Lipinski definition) is 0. The van der Waals surface area contributed by atoms with Gasteiger partial charge in [0.05, 0.1) is 22.7 Å². The van der Waals surface area contributed by atoms with Crippen molar-refractivity contribution in [2.75, 3.05) is 9.80 Å². The van der Waals surface area contributed by atoms with Gasteiger partial charge in [0, 0.05) is 41.8 Å². The normalized spacial score (nSPS) is 15.0. The summed E-state index contributed by atoms with van der Waals surface area (Å²) < 4.78 is 0. The van der Waals surface area contributed by atoms with Crippen LogP contribution < -0.4 is 9.80 Å². The van der Waals surface area contributed by atoms with E-state index >= 15 is 0 Å². The lowest BCUT2D eigenvalue weighted by atomic mass is 9.75. The summed E-state index contributed by atoms with van der Waals surface area (Å²) in [5.74, 6) is 0. The predicted molar refractivity (Wildman–Crippen MR) is 305 cm³/mol. The van der Waals surface area contributed by atoms with Gasteiger partial charge in [-0.1, -0.05) is 197 Å². The van der Waals surface area contributed by atoms with Gasteiger partial charge in [-0.15, -0.1) is 0 Å². The first-order valence-corrected chi connectivity index (χ1v) is 26.7. The minimum atomic E-state index is -0.242. The van der Waals surface area contributed by atoms with Gasteiger partial charge in [-0.2, -0.15) is 0 Å². The lowest BCUT2D eigenvalue weighted by molar-refractivity contribution is 0.662. The van der Waals surface area contributed by atoms with E-state index in [1.165, 1.54) is 131 Å². The van der Waals surface area contributed by atoms with Crippen LogP contribution in [0.4, 0.5) is 34.1 Å². The van der Waals surface area contributed by atoms with Crippen LogP contribution in [0, 0.1) is 0 Å². The molecule has 0 aromatic heterocycles. The Morgan fingerprint density at radius 2 is 0.611 bits per heavy atom. The monoisotopic (exact) mass is 956 g/mol. The molecular weight excluding hydrogens is 909 g/mol. The summed E-state index contributed by atoms with van der Waals surface area (Å²) in [6.07, 6.45) is 0. The van der Waals surface area contributed by atoms with E-state index in [0.29, 0.717) is 0 Å². The van der Waals surface area contributed by atoms with Crippen LogP contribution in [-0.4, -0.2) is 0 Å². The van der Waals surface area contributed by atoms with Gasteiger partial charge < -0.3 is 9.80 Å². The second-order valence-electron chi connectivity index (χ2n) is 20.8. The molecule has 2 aliphatic carbocycles. The van der Waals surface area contributed by atoms with Gasteiger partial charge >= 0.3 is 0 Å². The molecule has 0 fully saturated rings. The summed E-state index contributed by atoms with van der Waals surface area (Å²) in [6.45, 7) is 9.72. The van der Waals surface area contributed by atoms with Gasteiger partial charge in [-0.05, 0) is 161 Å². The van der Waals surface area contributed by atoms with Crippen LogP contribution in [0.25, 0.3) is 66.1 Å². The molecule has 0 N–H and O–H groups in total. The van der Waals surface area contributed by atoms with Crippen molar-refractivity contribution in [3.63, 3.8) is 0 Å². The van der Waals surface area contributed by atoms with E-state index in [-0.39, 0.29) is 10.8 Å². The standard InChI is InChI=1S/C68H48N2S2/c1-67(2)53-25-7-5-19-43(53)47-21-17-23-49(65(47)67)63-45-37-35-42(70-57-29-11-15-33-61(57)72-62-34-16-12-30-58(62)70)40-52(45)64(50-24-18-22-48-44-20-6-8-26-54(44)68(3,4)66(48)50)46-38-36-41(39-51(46)63)69-55-27-9-13-31-59(55)71-60-32-14-10-28-56(60)69/h5-40H,1-4H3. The van der Waals surface area contributed by atoms with Crippen molar-refractivity contribution < 1.29 is 0 Å². The zero-order valence-electron chi connectivity index (χ0n) is 40.5. The van der Waals surface area contributed by atoms with Crippen LogP contribution in [0.15, 0.2) is 238 Å². The van der Waals surface area contributed by atoms with Crippen LogP contribution in [0.1, 0.15) is 49.9 Å². The zero-order chi connectivity index (χ0) is 48.0. The second kappa shape index (κ2) is 15.4. The fraction of sp³-hybridized carbons (Fsp3) is 0.0882. The van der Waals surface area contributed by atoms with Gasteiger partial charge in [0.1, 0.15) is 0 Å². The van der Waals surface area contributed by atoms with Gasteiger partial charge in [0.25, 0.3) is 0 Å². The molecule has 0 saturated heterocycles. The molecule has 4 heteroatoms. The average molecular weight is 957 g/mol. The Labute approximate surface area is 429 Å². The van der Waals surface area contributed by atoms with Crippen LogP contribution in [0.3, 0.4) is 0 Å². The van der Waals surface area contributed by atoms with Gasteiger partial charge in [-0.3, -0.25) is 0 Å². The number of hydrogen-bond acceptors (Lipinski definition) is 4. The molecule has 0 radical (unpaired) electrons. The van der Waals surface area contributed by atoms with Crippen molar-refractivity contribution in [1.29, 1.82) is 0 Å². The highest BCUT2D eigenvalue weighted by molar-refractivity contribution is 8.00. The number of rotatable bonds is 4. The molecule has 11 aromatic rings. The number of benzene rings is 11. The number of nitrogens with zero attached hydrogens (tertiary/aromatic N) is 2. The molecule has 4 aliphatic rings. The molecule has 0 amide bonds. The predicted octanol–water partition coefficient (Wildman–Crippen LogP) is 19.8. The quantitative estimate of drug-likeness (QED) is 0.162. The van der Waals surface area contributed by atoms with E-state index in [1.807, 2.05) is 23.5 Å². The summed E-state index contributed by atoms with van der Waals surface area (Å²) in [4.78, 5) is 10.0. The van der Waals surface area contributed by atoms with E-state index in [0.717, 1.165) is 11.4 Å². The molecule has 2 nitrogen and oxygen atoms in total. The first-order chi connectivity index (χ1) is 35.3. The molecular formula is C68H48N2S2. The maximum atomic E-state index is 2.52. The highest BCUT2D eigenvalue weighted by Crippen LogP contribution is 2.60. The molecule has 2 aliphatic heterocycles. The summed E-state index contributed by atoms with van der Waals surface area (Å²) in [5, 5.41) is 4.97. The summed E-state index contributed by atoms with van der Waals surface area (Å²) in [6, 6.07) is 82.6. The van der Waals surface area contributed by atoms with Crippen LogP contribution in [0.5, 0.6) is 0 Å². The molecule has 342 valence electrons. The Bertz CT molecular complexity index is 3780. The smallest absolute Gasteiger partial charge is 0.0601 e. The molecule has 0 saturated carbocycles. The molecule has 11 aromatic carbocycles. The topological polar surface area (TPSA) is 6.48 Å². The highest BCUT2D eigenvalue weighted by Gasteiger charge is 2.41. The summed E-state index contributed by atoms with van der Waals surface area (Å²) >= 11 is 3.71. The maximum absolute atomic E-state index is 2.52. The molecule has 0 atom stereocenters. The third kappa shape index (κ3) is 5.82. The van der Waals surface area contributed by atoms with E-state index < -0.39 is 0 Å². The van der Waals surface area contributed by atoms with E-state index in [9.17, 15) is 0 Å². The fourth-order valence-corrected chi connectivity index (χ4v) is 15.3. The van der Waals surface area contributed by atoms with Crippen molar-refractivity contribution in [2.45, 2.75) is 58.1 Å². The Morgan fingerprint density at radius 3 is 1.00 bits per heavy atom. The molecule has 0 spiro atoms. The van der Waals surface area contributed by atoms with Crippen molar-refractivity contribution >= 4 is 79.2 Å². The lowest BCUT2D eigenvalue weighted by Gasteiger charge is -2.34. The maximum Gasteiger partial charge on any atom is 0.0601 e. The van der Waals surface area contributed by atoms with E-state index in [1.54, 1.807) is 0 Å². The highest BCUT2D eigenvalue weighted by atomic mass is 32.2. The van der Waals surface area contributed by atoms with Crippen molar-refractivity contribution in [3.05, 3.63) is 241 Å². The van der Waals surface area contributed by atoms with Crippen molar-refractivity contribution in [1.82, 2.24) is 0 Å². The molecule has 2 heterocycles. The minimum absolute atomic E-state index is 0.242. The SMILES string of the molecule is CC1(C)c2ccccc2-c2cccc(-c3c4ccc(N5c6ccccc6Sc6ccccc65)cc4c(-c4cccc5c4C(C)(C)c4ccccc4-5)c4ccc(N5c6ccccc6Sc6ccccc65)cc34)c21. The first kappa shape index (κ1) is 42.0. The number of para-hydroxylation sites is 4. The molecule has 0 bridgehead atoms. The van der Waals surface area contributed by atoms with Crippen LogP contribution in [-0.2, 0) is 10.8 Å².